The Morgan fingerprint density at radius 2 is 1.66 bits per heavy atom. The van der Waals surface area contributed by atoms with E-state index in [1.807, 2.05) is 4.90 Å². The van der Waals surface area contributed by atoms with Gasteiger partial charge in [-0.2, -0.15) is 18.2 Å². The second-order valence-corrected chi connectivity index (χ2v) is 15.1. The fourth-order valence-electron chi connectivity index (χ4n) is 7.02. The second-order valence-electron chi connectivity index (χ2n) is 15.1. The van der Waals surface area contributed by atoms with Crippen molar-refractivity contribution in [2.45, 2.75) is 64.2 Å². The van der Waals surface area contributed by atoms with Crippen LogP contribution in [0.4, 0.5) is 23.5 Å². The van der Waals surface area contributed by atoms with Crippen molar-refractivity contribution in [2.75, 3.05) is 25.1 Å². The van der Waals surface area contributed by atoms with Gasteiger partial charge in [-0.25, -0.2) is 29.3 Å². The van der Waals surface area contributed by atoms with Crippen molar-refractivity contribution in [3.05, 3.63) is 131 Å². The number of ether oxygens (including phenoxy) is 1. The average molecular weight is 850 g/mol. The summed E-state index contributed by atoms with van der Waals surface area (Å²) in [7, 11) is 1.51. The lowest BCUT2D eigenvalue weighted by Gasteiger charge is -2.23. The van der Waals surface area contributed by atoms with Crippen LogP contribution in [0, 0.1) is 11.2 Å². The third-order valence-corrected chi connectivity index (χ3v) is 10.3. The van der Waals surface area contributed by atoms with Crippen LogP contribution < -0.4 is 20.7 Å². The van der Waals surface area contributed by atoms with Crippen molar-refractivity contribution >= 4 is 23.5 Å². The van der Waals surface area contributed by atoms with Crippen LogP contribution in [0.5, 0.6) is 5.88 Å². The van der Waals surface area contributed by atoms with E-state index in [0.29, 0.717) is 52.9 Å². The number of aromatic nitrogens is 7. The third-order valence-electron chi connectivity index (χ3n) is 10.3. The van der Waals surface area contributed by atoms with E-state index in [-0.39, 0.29) is 54.1 Å². The molecule has 1 aliphatic rings. The smallest absolute Gasteiger partial charge is 0.434 e. The number of carbonyl (C=O) groups is 2. The molecule has 0 spiro atoms. The van der Waals surface area contributed by atoms with Gasteiger partial charge in [-0.15, -0.1) is 0 Å². The summed E-state index contributed by atoms with van der Waals surface area (Å²) in [5.74, 6) is -0.747. The number of carbonyl (C=O) groups excluding carboxylic acids is 2. The maximum absolute atomic E-state index is 15.0. The zero-order chi connectivity index (χ0) is 44.1. The molecule has 62 heavy (non-hydrogen) atoms. The predicted octanol–water partition coefficient (Wildman–Crippen LogP) is 7.35. The number of anilines is 1. The maximum atomic E-state index is 15.0. The molecule has 7 rings (SSSR count). The Morgan fingerprint density at radius 3 is 2.34 bits per heavy atom. The van der Waals surface area contributed by atoms with Gasteiger partial charge in [0.05, 0.1) is 18.4 Å². The minimum atomic E-state index is -4.60. The van der Waals surface area contributed by atoms with Gasteiger partial charge in [0.2, 0.25) is 17.7 Å². The Bertz CT molecular complexity index is 2610. The molecule has 2 amide bonds. The number of nitrogens with one attached hydrogen (secondary N) is 2. The number of hydrogen-bond acceptors (Lipinski definition) is 11. The normalized spacial score (nSPS) is 12.6. The van der Waals surface area contributed by atoms with E-state index >= 15 is 4.39 Å². The lowest BCUT2D eigenvalue weighted by molar-refractivity contribution is -0.140. The number of primary amides is 1. The fraction of sp³-hybridized carbons (Fsp3) is 0.295. The minimum Gasteiger partial charge on any atom is -0.480 e. The number of halogens is 4. The molecule has 0 aliphatic heterocycles. The van der Waals surface area contributed by atoms with Crippen LogP contribution in [-0.4, -0.2) is 72.2 Å². The zero-order valence-electron chi connectivity index (χ0n) is 34.1. The van der Waals surface area contributed by atoms with Gasteiger partial charge < -0.3 is 30.7 Å². The van der Waals surface area contributed by atoms with Gasteiger partial charge in [-0.3, -0.25) is 9.59 Å². The summed E-state index contributed by atoms with van der Waals surface area (Å²) in [6.07, 6.45) is 1.53. The number of imidazole rings is 1. The van der Waals surface area contributed by atoms with Crippen LogP contribution in [0.1, 0.15) is 93.9 Å². The fourth-order valence-corrected chi connectivity index (χ4v) is 7.02. The summed E-state index contributed by atoms with van der Waals surface area (Å²) >= 11 is 0. The summed E-state index contributed by atoms with van der Waals surface area (Å²) < 4.78 is 63.0. The van der Waals surface area contributed by atoms with Crippen molar-refractivity contribution in [3.8, 4) is 28.7 Å². The van der Waals surface area contributed by atoms with E-state index in [9.17, 15) is 22.8 Å². The van der Waals surface area contributed by atoms with Gasteiger partial charge in [-0.05, 0) is 62.4 Å². The molecule has 0 atom stereocenters. The molecule has 0 radical (unpaired) electrons. The molecule has 1 aliphatic carbocycles. The quantitative estimate of drug-likeness (QED) is 0.0475. The molecule has 4 N–H and O–H groups in total. The molecule has 1 fully saturated rings. The zero-order valence-corrected chi connectivity index (χ0v) is 34.1. The van der Waals surface area contributed by atoms with Crippen LogP contribution in [-0.2, 0) is 19.1 Å². The van der Waals surface area contributed by atoms with E-state index in [2.05, 4.69) is 30.2 Å². The number of methoxy groups -OCH3 is 1. The first-order chi connectivity index (χ1) is 29.7. The highest BCUT2D eigenvalue weighted by molar-refractivity contribution is 6.09. The Labute approximate surface area is 354 Å². The number of amides is 2. The molecule has 3 aromatic carbocycles. The van der Waals surface area contributed by atoms with Gasteiger partial charge in [0.25, 0.3) is 5.91 Å². The number of alkyl halides is 3. The van der Waals surface area contributed by atoms with Crippen LogP contribution in [0.25, 0.3) is 22.8 Å². The Hall–Kier alpha value is -7.11. The molecule has 3 aromatic heterocycles. The maximum Gasteiger partial charge on any atom is 0.434 e. The summed E-state index contributed by atoms with van der Waals surface area (Å²) in [6.45, 7) is 4.25. The molecule has 3 heterocycles. The third kappa shape index (κ3) is 9.74. The number of nitrogens with two attached hydrogens (primary N) is 1. The summed E-state index contributed by atoms with van der Waals surface area (Å²) in [4.78, 5) is 53.6. The van der Waals surface area contributed by atoms with Crippen molar-refractivity contribution in [1.29, 1.82) is 5.41 Å². The molecule has 0 saturated heterocycles. The van der Waals surface area contributed by atoms with Crippen LogP contribution in [0.2, 0.25) is 0 Å². The molecule has 320 valence electrons. The second kappa shape index (κ2) is 18.2. The van der Waals surface area contributed by atoms with E-state index in [1.54, 1.807) is 56.3 Å². The number of hydrogen-bond donors (Lipinski definition) is 3. The number of benzene rings is 3. The first-order valence-corrected chi connectivity index (χ1v) is 19.8. The molecular weight excluding hydrogens is 807 g/mol. The average Bonchev–Trinajstić information content (AvgIpc) is 4.01. The summed E-state index contributed by atoms with van der Waals surface area (Å²) in [5, 5.41) is 11.4. The highest BCUT2D eigenvalue weighted by atomic mass is 19.4. The predicted molar refractivity (Wildman–Crippen MR) is 222 cm³/mol. The number of nitrogens with zero attached hydrogens (tertiary/aromatic N) is 8. The van der Waals surface area contributed by atoms with Gasteiger partial charge in [0.15, 0.2) is 11.5 Å². The molecule has 0 unspecified atom stereocenters. The lowest BCUT2D eigenvalue weighted by Crippen LogP contribution is -2.31. The molecular formula is C44H43F4N11O3. The summed E-state index contributed by atoms with van der Waals surface area (Å²) in [5.41, 5.74) is 8.03. The monoisotopic (exact) mass is 849 g/mol. The Balaban J connectivity index is 1.10. The van der Waals surface area contributed by atoms with Crippen molar-refractivity contribution in [1.82, 2.24) is 39.8 Å². The Morgan fingerprint density at radius 1 is 0.952 bits per heavy atom. The molecule has 1 saturated carbocycles. The first-order valence-electron chi connectivity index (χ1n) is 19.8. The van der Waals surface area contributed by atoms with Crippen LogP contribution in [0.3, 0.4) is 0 Å². The highest BCUT2D eigenvalue weighted by Crippen LogP contribution is 2.45. The minimum absolute atomic E-state index is 0.0213. The first kappa shape index (κ1) is 43.0. The van der Waals surface area contributed by atoms with Gasteiger partial charge >= 0.3 is 6.18 Å². The van der Waals surface area contributed by atoms with Crippen molar-refractivity contribution in [3.63, 3.8) is 0 Å². The molecule has 18 heteroatoms. The highest BCUT2D eigenvalue weighted by Gasteiger charge is 2.35. The standard InChI is InChI=1S/C44H43F4N11O3/c1-25(2)59-22-35(44(46,47)48)56-40(59)29-12-9-26(10-13-29)21-58(43-55-24-53-39(57-43)36-37(28-14-15-28)52-23-54-42(36)62-3)18-6-17-51-41(61)32-19-27(11-16-33(32)45)20-34(49)30-7-4-5-8-31(30)38(50)60/h4-5,7-13,16,19,22-25,28,49H,6,14-15,17-18,20-21H2,1-3H3,(H2,50,60)(H,51,61). The van der Waals surface area contributed by atoms with Gasteiger partial charge in [-0.1, -0.05) is 48.5 Å². The van der Waals surface area contributed by atoms with Crippen LogP contribution in [0.15, 0.2) is 85.6 Å². The Kier molecular flexibility index (Phi) is 12.7. The van der Waals surface area contributed by atoms with Crippen molar-refractivity contribution < 1.29 is 31.9 Å². The molecule has 0 bridgehead atoms. The van der Waals surface area contributed by atoms with Crippen molar-refractivity contribution in [2.24, 2.45) is 5.73 Å². The van der Waals surface area contributed by atoms with E-state index in [4.69, 9.17) is 20.9 Å². The SMILES string of the molecule is COc1ncnc(C2CC2)c1-c1ncnc(N(CCCNC(=O)c2cc(CC(=N)c3ccccc3C(N)=O)ccc2F)Cc2ccc(-c3nc(C(F)(F)F)cn3C(C)C)cc2)n1. The molecule has 14 nitrogen and oxygen atoms in total. The van der Waals surface area contributed by atoms with E-state index in [0.717, 1.165) is 36.4 Å². The largest absolute Gasteiger partial charge is 0.480 e. The topological polar surface area (TPSA) is 191 Å². The van der Waals surface area contributed by atoms with Gasteiger partial charge in [0.1, 0.15) is 29.9 Å². The molecule has 6 aromatic rings. The van der Waals surface area contributed by atoms with Gasteiger partial charge in [0, 0.05) is 66.6 Å². The number of rotatable bonds is 17. The summed E-state index contributed by atoms with van der Waals surface area (Å²) in [6, 6.07) is 17.2. The van der Waals surface area contributed by atoms with E-state index < -0.39 is 29.5 Å². The lowest BCUT2D eigenvalue weighted by atomic mass is 9.96. The van der Waals surface area contributed by atoms with Crippen LogP contribution >= 0.6 is 0 Å². The van der Waals surface area contributed by atoms with E-state index in [1.165, 1.54) is 42.5 Å².